The number of hydrogen-bond donors (Lipinski definition) is 2. The van der Waals surface area contributed by atoms with Gasteiger partial charge in [0.25, 0.3) is 0 Å². The van der Waals surface area contributed by atoms with Crippen molar-refractivity contribution in [1.82, 2.24) is 0 Å². The van der Waals surface area contributed by atoms with Gasteiger partial charge in [-0.3, -0.25) is 4.79 Å². The van der Waals surface area contributed by atoms with Crippen LogP contribution in [0.15, 0.2) is 24.3 Å². The molecule has 0 radical (unpaired) electrons. The van der Waals surface area contributed by atoms with Gasteiger partial charge >= 0.3 is 5.97 Å². The minimum absolute atomic E-state index is 0.00639. The van der Waals surface area contributed by atoms with Crippen LogP contribution in [0.5, 0.6) is 0 Å². The smallest absolute Gasteiger partial charge is 0.307 e. The minimum Gasteiger partial charge on any atom is -0.481 e. The van der Waals surface area contributed by atoms with Gasteiger partial charge in [-0.1, -0.05) is 24.3 Å². The van der Waals surface area contributed by atoms with Gasteiger partial charge in [0.05, 0.1) is 13.0 Å². The minimum atomic E-state index is -0.847. The predicted molar refractivity (Wildman–Crippen MR) is 58.4 cm³/mol. The van der Waals surface area contributed by atoms with Crippen LogP contribution in [-0.4, -0.2) is 16.2 Å². The molecule has 0 aromatic heterocycles. The van der Waals surface area contributed by atoms with Crippen molar-refractivity contribution in [3.8, 4) is 0 Å². The van der Waals surface area contributed by atoms with Crippen LogP contribution in [0.3, 0.4) is 0 Å². The molecule has 0 bridgehead atoms. The molecule has 0 aliphatic carbocycles. The molecular formula is C12H14O3. The Morgan fingerprint density at radius 3 is 2.80 bits per heavy atom. The van der Waals surface area contributed by atoms with E-state index in [9.17, 15) is 4.79 Å². The largest absolute Gasteiger partial charge is 0.481 e. The highest BCUT2D eigenvalue weighted by atomic mass is 16.4. The molecule has 15 heavy (non-hydrogen) atoms. The number of carbonyl (C=O) groups is 1. The molecule has 0 saturated heterocycles. The second kappa shape index (κ2) is 5.32. The number of hydrogen-bond acceptors (Lipinski definition) is 2. The van der Waals surface area contributed by atoms with Crippen LogP contribution in [-0.2, 0) is 11.4 Å². The van der Waals surface area contributed by atoms with Crippen LogP contribution in [0.1, 0.15) is 23.1 Å². The van der Waals surface area contributed by atoms with E-state index >= 15 is 0 Å². The van der Waals surface area contributed by atoms with Gasteiger partial charge in [0, 0.05) is 0 Å². The third kappa shape index (κ3) is 3.56. The first kappa shape index (κ1) is 11.5. The van der Waals surface area contributed by atoms with Crippen molar-refractivity contribution >= 4 is 12.0 Å². The molecule has 0 heterocycles. The van der Waals surface area contributed by atoms with Crippen LogP contribution in [0.25, 0.3) is 6.08 Å². The van der Waals surface area contributed by atoms with Gasteiger partial charge in [0.2, 0.25) is 0 Å². The summed E-state index contributed by atoms with van der Waals surface area (Å²) < 4.78 is 0. The van der Waals surface area contributed by atoms with Crippen molar-refractivity contribution in [3.63, 3.8) is 0 Å². The molecule has 3 heteroatoms. The van der Waals surface area contributed by atoms with E-state index in [0.29, 0.717) is 0 Å². The molecule has 3 nitrogen and oxygen atoms in total. The molecule has 0 saturated carbocycles. The molecule has 1 aromatic rings. The van der Waals surface area contributed by atoms with E-state index in [0.717, 1.165) is 16.7 Å². The number of aryl methyl sites for hydroxylation is 1. The first-order valence-electron chi connectivity index (χ1n) is 4.72. The van der Waals surface area contributed by atoms with Gasteiger partial charge < -0.3 is 10.2 Å². The molecule has 0 aliphatic heterocycles. The number of aliphatic hydroxyl groups excluding tert-OH is 1. The summed E-state index contributed by atoms with van der Waals surface area (Å²) in [5.74, 6) is -0.847. The molecule has 0 spiro atoms. The zero-order valence-corrected chi connectivity index (χ0v) is 8.60. The number of carboxylic acid groups (broad SMARTS) is 1. The Balaban J connectivity index is 2.78. The lowest BCUT2D eigenvalue weighted by atomic mass is 10.1. The summed E-state index contributed by atoms with van der Waals surface area (Å²) in [5, 5.41) is 17.5. The van der Waals surface area contributed by atoms with Crippen LogP contribution in [0.4, 0.5) is 0 Å². The quantitative estimate of drug-likeness (QED) is 0.791. The number of rotatable bonds is 4. The molecule has 0 fully saturated rings. The molecule has 0 atom stereocenters. The predicted octanol–water partition coefficient (Wildman–Crippen LogP) is 1.98. The van der Waals surface area contributed by atoms with Crippen LogP contribution in [0.2, 0.25) is 0 Å². The standard InChI is InChI=1S/C12H14O3/c1-9-5-6-10(7-11(9)8-13)3-2-4-12(14)15/h2-3,5-7,13H,4,8H2,1H3,(H,14,15). The molecule has 1 rings (SSSR count). The molecule has 0 aliphatic rings. The summed E-state index contributed by atoms with van der Waals surface area (Å²) in [6, 6.07) is 5.66. The maximum Gasteiger partial charge on any atom is 0.307 e. The average molecular weight is 206 g/mol. The number of carboxylic acids is 1. The highest BCUT2D eigenvalue weighted by molar-refractivity contribution is 5.70. The van der Waals surface area contributed by atoms with Crippen LogP contribution >= 0.6 is 0 Å². The van der Waals surface area contributed by atoms with Gasteiger partial charge in [-0.05, 0) is 29.7 Å². The van der Waals surface area contributed by atoms with E-state index in [1.807, 2.05) is 25.1 Å². The SMILES string of the molecule is Cc1ccc(C=CCC(=O)O)cc1CO. The van der Waals surface area contributed by atoms with E-state index in [4.69, 9.17) is 10.2 Å². The summed E-state index contributed by atoms with van der Waals surface area (Å²) in [6.07, 6.45) is 3.35. The van der Waals surface area contributed by atoms with Crippen LogP contribution < -0.4 is 0 Å². The monoisotopic (exact) mass is 206 g/mol. The zero-order valence-electron chi connectivity index (χ0n) is 8.60. The third-order valence-corrected chi connectivity index (χ3v) is 2.15. The van der Waals surface area contributed by atoms with E-state index in [-0.39, 0.29) is 13.0 Å². The first-order chi connectivity index (χ1) is 7.13. The van der Waals surface area contributed by atoms with Gasteiger partial charge in [-0.25, -0.2) is 0 Å². The Morgan fingerprint density at radius 1 is 1.47 bits per heavy atom. The Kier molecular flexibility index (Phi) is 4.06. The summed E-state index contributed by atoms with van der Waals surface area (Å²) >= 11 is 0. The normalized spacial score (nSPS) is 10.8. The van der Waals surface area contributed by atoms with Crippen molar-refractivity contribution in [2.24, 2.45) is 0 Å². The number of benzene rings is 1. The van der Waals surface area contributed by atoms with Crippen molar-refractivity contribution in [1.29, 1.82) is 0 Å². The molecule has 80 valence electrons. The van der Waals surface area contributed by atoms with E-state index in [1.54, 1.807) is 12.2 Å². The van der Waals surface area contributed by atoms with Crippen molar-refractivity contribution in [3.05, 3.63) is 41.0 Å². The Bertz CT molecular complexity index is 380. The number of aliphatic carboxylic acids is 1. The lowest BCUT2D eigenvalue weighted by molar-refractivity contribution is -0.135. The zero-order chi connectivity index (χ0) is 11.3. The fraction of sp³-hybridized carbons (Fsp3) is 0.250. The highest BCUT2D eigenvalue weighted by Crippen LogP contribution is 2.12. The summed E-state index contributed by atoms with van der Waals surface area (Å²) in [6.45, 7) is 1.93. The summed E-state index contributed by atoms with van der Waals surface area (Å²) in [5.41, 5.74) is 2.81. The highest BCUT2D eigenvalue weighted by Gasteiger charge is 1.97. The molecule has 0 unspecified atom stereocenters. The van der Waals surface area contributed by atoms with Crippen molar-refractivity contribution in [2.75, 3.05) is 0 Å². The lowest BCUT2D eigenvalue weighted by Gasteiger charge is -2.02. The van der Waals surface area contributed by atoms with E-state index < -0.39 is 5.97 Å². The maximum atomic E-state index is 10.3. The summed E-state index contributed by atoms with van der Waals surface area (Å²) in [4.78, 5) is 10.3. The Labute approximate surface area is 88.7 Å². The first-order valence-corrected chi connectivity index (χ1v) is 4.72. The molecular weight excluding hydrogens is 192 g/mol. The fourth-order valence-corrected chi connectivity index (χ4v) is 1.26. The lowest BCUT2D eigenvalue weighted by Crippen LogP contribution is -1.91. The molecule has 2 N–H and O–H groups in total. The third-order valence-electron chi connectivity index (χ3n) is 2.15. The Morgan fingerprint density at radius 2 is 2.20 bits per heavy atom. The Hall–Kier alpha value is -1.61. The number of aliphatic hydroxyl groups is 1. The molecule has 0 amide bonds. The van der Waals surface area contributed by atoms with Crippen LogP contribution in [0, 0.1) is 6.92 Å². The van der Waals surface area contributed by atoms with E-state index in [1.165, 1.54) is 0 Å². The van der Waals surface area contributed by atoms with Gasteiger partial charge in [0.1, 0.15) is 0 Å². The van der Waals surface area contributed by atoms with Crippen molar-refractivity contribution < 1.29 is 15.0 Å². The second-order valence-electron chi connectivity index (χ2n) is 3.34. The van der Waals surface area contributed by atoms with Gasteiger partial charge in [-0.2, -0.15) is 0 Å². The molecule has 1 aromatic carbocycles. The van der Waals surface area contributed by atoms with E-state index in [2.05, 4.69) is 0 Å². The topological polar surface area (TPSA) is 57.5 Å². The van der Waals surface area contributed by atoms with Crippen molar-refractivity contribution in [2.45, 2.75) is 20.0 Å². The summed E-state index contributed by atoms with van der Waals surface area (Å²) in [7, 11) is 0. The van der Waals surface area contributed by atoms with Gasteiger partial charge in [-0.15, -0.1) is 0 Å². The maximum absolute atomic E-state index is 10.3. The average Bonchev–Trinajstić information content (AvgIpc) is 2.20. The second-order valence-corrected chi connectivity index (χ2v) is 3.34. The fourth-order valence-electron chi connectivity index (χ4n) is 1.26. The van der Waals surface area contributed by atoms with Gasteiger partial charge in [0.15, 0.2) is 0 Å².